The molecule has 2 rings (SSSR count). The summed E-state index contributed by atoms with van der Waals surface area (Å²) in [5, 5.41) is 6.73. The highest BCUT2D eigenvalue weighted by Gasteiger charge is 2.18. The molecule has 0 radical (unpaired) electrons. The fraction of sp³-hybridized carbons (Fsp3) is 0.214. The first-order chi connectivity index (χ1) is 9.50. The Morgan fingerprint density at radius 3 is 2.55 bits per heavy atom. The lowest BCUT2D eigenvalue weighted by molar-refractivity contribution is -0.119. The number of para-hydroxylation sites is 1. The van der Waals surface area contributed by atoms with Gasteiger partial charge in [-0.2, -0.15) is 5.10 Å². The Kier molecular flexibility index (Phi) is 3.84. The number of aromatic nitrogens is 2. The molecule has 0 spiro atoms. The van der Waals surface area contributed by atoms with Crippen LogP contribution in [0.1, 0.15) is 23.0 Å². The molecular weight excluding hydrogens is 256 g/mol. The third-order valence-corrected chi connectivity index (χ3v) is 3.03. The van der Waals surface area contributed by atoms with Gasteiger partial charge in [0.05, 0.1) is 23.1 Å². The van der Waals surface area contributed by atoms with E-state index in [0.29, 0.717) is 11.3 Å². The van der Waals surface area contributed by atoms with E-state index in [4.69, 9.17) is 5.73 Å². The van der Waals surface area contributed by atoms with Gasteiger partial charge in [-0.15, -0.1) is 0 Å². The van der Waals surface area contributed by atoms with Crippen molar-refractivity contribution in [2.75, 3.05) is 0 Å². The summed E-state index contributed by atoms with van der Waals surface area (Å²) in [6, 6.07) is 8.77. The molecule has 1 heterocycles. The molecule has 0 saturated carbocycles. The topological polar surface area (TPSA) is 90.0 Å². The van der Waals surface area contributed by atoms with Crippen LogP contribution in [-0.4, -0.2) is 27.6 Å². The molecule has 104 valence electrons. The summed E-state index contributed by atoms with van der Waals surface area (Å²) in [5.74, 6) is -0.942. The third-order valence-electron chi connectivity index (χ3n) is 3.03. The SMILES string of the molecule is Cc1c(C(=O)NC(C)C(N)=O)cnn1-c1ccccc1. The van der Waals surface area contributed by atoms with Crippen molar-refractivity contribution in [3.05, 3.63) is 47.8 Å². The summed E-state index contributed by atoms with van der Waals surface area (Å²) >= 11 is 0. The second-order valence-corrected chi connectivity index (χ2v) is 4.49. The van der Waals surface area contributed by atoms with E-state index in [1.165, 1.54) is 13.1 Å². The monoisotopic (exact) mass is 272 g/mol. The predicted molar refractivity (Wildman–Crippen MR) is 74.4 cm³/mol. The molecule has 0 bridgehead atoms. The Morgan fingerprint density at radius 1 is 1.30 bits per heavy atom. The van der Waals surface area contributed by atoms with Crippen molar-refractivity contribution in [3.8, 4) is 5.69 Å². The average molecular weight is 272 g/mol. The largest absolute Gasteiger partial charge is 0.368 e. The number of nitrogens with zero attached hydrogens (tertiary/aromatic N) is 2. The van der Waals surface area contributed by atoms with Gasteiger partial charge < -0.3 is 11.1 Å². The van der Waals surface area contributed by atoms with Crippen LogP contribution >= 0.6 is 0 Å². The van der Waals surface area contributed by atoms with Crippen LogP contribution in [0.4, 0.5) is 0 Å². The van der Waals surface area contributed by atoms with Gasteiger partial charge in [0.25, 0.3) is 5.91 Å². The molecule has 1 unspecified atom stereocenters. The van der Waals surface area contributed by atoms with Crippen LogP contribution in [0.3, 0.4) is 0 Å². The first-order valence-electron chi connectivity index (χ1n) is 6.21. The van der Waals surface area contributed by atoms with Gasteiger partial charge in [-0.3, -0.25) is 9.59 Å². The van der Waals surface area contributed by atoms with Gasteiger partial charge in [-0.25, -0.2) is 4.68 Å². The molecule has 2 amide bonds. The maximum atomic E-state index is 12.1. The van der Waals surface area contributed by atoms with Crippen molar-refractivity contribution in [1.29, 1.82) is 0 Å². The van der Waals surface area contributed by atoms with Crippen LogP contribution in [-0.2, 0) is 4.79 Å². The summed E-state index contributed by atoms with van der Waals surface area (Å²) < 4.78 is 1.67. The van der Waals surface area contributed by atoms with Crippen molar-refractivity contribution >= 4 is 11.8 Å². The van der Waals surface area contributed by atoms with Gasteiger partial charge in [-0.05, 0) is 26.0 Å². The zero-order chi connectivity index (χ0) is 14.7. The van der Waals surface area contributed by atoms with E-state index in [-0.39, 0.29) is 5.91 Å². The number of primary amides is 1. The standard InChI is InChI=1S/C14H16N4O2/c1-9(13(15)19)17-14(20)12-8-16-18(10(12)2)11-6-4-3-5-7-11/h3-9H,1-2H3,(H2,15,19)(H,17,20). The van der Waals surface area contributed by atoms with E-state index < -0.39 is 11.9 Å². The van der Waals surface area contributed by atoms with Gasteiger partial charge in [0.15, 0.2) is 0 Å². The summed E-state index contributed by atoms with van der Waals surface area (Å²) in [6.07, 6.45) is 1.48. The van der Waals surface area contributed by atoms with Gasteiger partial charge in [-0.1, -0.05) is 18.2 Å². The molecule has 0 aliphatic heterocycles. The molecule has 1 aromatic heterocycles. The zero-order valence-corrected chi connectivity index (χ0v) is 11.3. The smallest absolute Gasteiger partial charge is 0.255 e. The van der Waals surface area contributed by atoms with Crippen LogP contribution in [0.2, 0.25) is 0 Å². The van der Waals surface area contributed by atoms with Crippen LogP contribution in [0.5, 0.6) is 0 Å². The molecule has 2 aromatic rings. The molecule has 0 fully saturated rings. The molecule has 0 aliphatic rings. The molecule has 1 aromatic carbocycles. The van der Waals surface area contributed by atoms with Crippen molar-refractivity contribution in [3.63, 3.8) is 0 Å². The minimum Gasteiger partial charge on any atom is -0.368 e. The van der Waals surface area contributed by atoms with E-state index in [9.17, 15) is 9.59 Å². The molecule has 6 heteroatoms. The first-order valence-corrected chi connectivity index (χ1v) is 6.21. The number of nitrogens with one attached hydrogen (secondary N) is 1. The van der Waals surface area contributed by atoms with Gasteiger partial charge in [0.1, 0.15) is 6.04 Å². The second-order valence-electron chi connectivity index (χ2n) is 4.49. The van der Waals surface area contributed by atoms with E-state index in [0.717, 1.165) is 5.69 Å². The van der Waals surface area contributed by atoms with Crippen molar-refractivity contribution < 1.29 is 9.59 Å². The lowest BCUT2D eigenvalue weighted by Crippen LogP contribution is -2.42. The third kappa shape index (κ3) is 2.69. The van der Waals surface area contributed by atoms with E-state index in [1.54, 1.807) is 11.6 Å². The molecule has 20 heavy (non-hydrogen) atoms. The minimum absolute atomic E-state index is 0.365. The van der Waals surface area contributed by atoms with Gasteiger partial charge >= 0.3 is 0 Å². The molecule has 6 nitrogen and oxygen atoms in total. The van der Waals surface area contributed by atoms with Gasteiger partial charge in [0.2, 0.25) is 5.91 Å². The second kappa shape index (κ2) is 5.56. The summed E-state index contributed by atoms with van der Waals surface area (Å²) in [4.78, 5) is 23.0. The zero-order valence-electron chi connectivity index (χ0n) is 11.3. The van der Waals surface area contributed by atoms with E-state index >= 15 is 0 Å². The number of rotatable bonds is 4. The Bertz CT molecular complexity index is 634. The van der Waals surface area contributed by atoms with Crippen LogP contribution in [0.25, 0.3) is 5.69 Å². The Labute approximate surface area is 116 Å². The fourth-order valence-electron chi connectivity index (χ4n) is 1.81. The van der Waals surface area contributed by atoms with Crippen LogP contribution in [0.15, 0.2) is 36.5 Å². The molecule has 0 aliphatic carbocycles. The van der Waals surface area contributed by atoms with E-state index in [2.05, 4.69) is 10.4 Å². The molecule has 1 atom stereocenters. The maximum absolute atomic E-state index is 12.1. The lowest BCUT2D eigenvalue weighted by Gasteiger charge is -2.10. The molecule has 3 N–H and O–H groups in total. The maximum Gasteiger partial charge on any atom is 0.255 e. The van der Waals surface area contributed by atoms with Gasteiger partial charge in [0, 0.05) is 0 Å². The number of amides is 2. The number of carbonyl (C=O) groups is 2. The summed E-state index contributed by atoms with van der Waals surface area (Å²) in [7, 11) is 0. The fourth-order valence-corrected chi connectivity index (χ4v) is 1.81. The van der Waals surface area contributed by atoms with E-state index in [1.807, 2.05) is 30.3 Å². The number of benzene rings is 1. The number of hydrogen-bond acceptors (Lipinski definition) is 3. The lowest BCUT2D eigenvalue weighted by atomic mass is 10.2. The Balaban J connectivity index is 2.25. The molecular formula is C14H16N4O2. The summed E-state index contributed by atoms with van der Waals surface area (Å²) in [6.45, 7) is 3.33. The average Bonchev–Trinajstić information content (AvgIpc) is 2.81. The van der Waals surface area contributed by atoms with Crippen LogP contribution < -0.4 is 11.1 Å². The van der Waals surface area contributed by atoms with Crippen molar-refractivity contribution in [1.82, 2.24) is 15.1 Å². The Hall–Kier alpha value is -2.63. The molecule has 0 saturated heterocycles. The number of hydrogen-bond donors (Lipinski definition) is 2. The van der Waals surface area contributed by atoms with Crippen molar-refractivity contribution in [2.45, 2.75) is 19.9 Å². The van der Waals surface area contributed by atoms with Crippen molar-refractivity contribution in [2.24, 2.45) is 5.73 Å². The normalized spacial score (nSPS) is 11.9. The first kappa shape index (κ1) is 13.8. The summed E-state index contributed by atoms with van der Waals surface area (Å²) in [5.41, 5.74) is 7.11. The minimum atomic E-state index is -0.720. The highest BCUT2D eigenvalue weighted by atomic mass is 16.2. The highest BCUT2D eigenvalue weighted by Crippen LogP contribution is 2.13. The predicted octanol–water partition coefficient (Wildman–Crippen LogP) is 0.784. The number of nitrogens with two attached hydrogens (primary N) is 1. The quantitative estimate of drug-likeness (QED) is 0.862. The van der Waals surface area contributed by atoms with Crippen LogP contribution in [0, 0.1) is 6.92 Å². The number of carbonyl (C=O) groups excluding carboxylic acids is 2. The highest BCUT2D eigenvalue weighted by molar-refractivity contribution is 5.97. The Morgan fingerprint density at radius 2 is 1.95 bits per heavy atom.